The Morgan fingerprint density at radius 3 is 2.83 bits per heavy atom. The first-order chi connectivity index (χ1) is 8.56. The number of aromatic carboxylic acids is 1. The van der Waals surface area contributed by atoms with Crippen molar-refractivity contribution < 1.29 is 9.90 Å². The SMILES string of the molecule is Cc1nc(CSc2ccc(C)c(C(=O)O)c2)cs1. The molecule has 94 valence electrons. The highest BCUT2D eigenvalue weighted by Gasteiger charge is 2.08. The quantitative estimate of drug-likeness (QED) is 0.866. The van der Waals surface area contributed by atoms with E-state index in [1.54, 1.807) is 29.2 Å². The summed E-state index contributed by atoms with van der Waals surface area (Å²) in [4.78, 5) is 16.4. The molecule has 0 radical (unpaired) electrons. The molecule has 3 nitrogen and oxygen atoms in total. The van der Waals surface area contributed by atoms with E-state index in [0.29, 0.717) is 5.56 Å². The number of nitrogens with zero attached hydrogens (tertiary/aromatic N) is 1. The van der Waals surface area contributed by atoms with Gasteiger partial charge in [-0.15, -0.1) is 23.1 Å². The van der Waals surface area contributed by atoms with E-state index in [4.69, 9.17) is 5.11 Å². The highest BCUT2D eigenvalue weighted by Crippen LogP contribution is 2.25. The second-order valence-corrected chi connectivity index (χ2v) is 6.04. The summed E-state index contributed by atoms with van der Waals surface area (Å²) in [5.41, 5.74) is 2.20. The lowest BCUT2D eigenvalue weighted by Gasteiger charge is -2.04. The van der Waals surface area contributed by atoms with Gasteiger partial charge in [0.2, 0.25) is 0 Å². The number of carboxylic acids is 1. The van der Waals surface area contributed by atoms with Crippen molar-refractivity contribution in [2.45, 2.75) is 24.5 Å². The number of hydrogen-bond acceptors (Lipinski definition) is 4. The summed E-state index contributed by atoms with van der Waals surface area (Å²) in [7, 11) is 0. The zero-order valence-corrected chi connectivity index (χ0v) is 11.8. The molecule has 0 spiro atoms. The van der Waals surface area contributed by atoms with E-state index >= 15 is 0 Å². The molecule has 1 aromatic heterocycles. The van der Waals surface area contributed by atoms with E-state index in [1.165, 1.54) is 0 Å². The molecule has 0 bridgehead atoms. The van der Waals surface area contributed by atoms with Gasteiger partial charge in [-0.05, 0) is 31.5 Å². The molecule has 0 aliphatic rings. The summed E-state index contributed by atoms with van der Waals surface area (Å²) in [6.07, 6.45) is 0. The minimum absolute atomic E-state index is 0.370. The third kappa shape index (κ3) is 3.11. The Kier molecular flexibility index (Phi) is 4.04. The van der Waals surface area contributed by atoms with E-state index in [2.05, 4.69) is 4.98 Å². The molecule has 1 aromatic carbocycles. The van der Waals surface area contributed by atoms with Gasteiger partial charge in [0, 0.05) is 16.0 Å². The van der Waals surface area contributed by atoms with Gasteiger partial charge < -0.3 is 5.11 Å². The number of aromatic nitrogens is 1. The van der Waals surface area contributed by atoms with E-state index in [9.17, 15) is 4.79 Å². The lowest BCUT2D eigenvalue weighted by molar-refractivity contribution is 0.0696. The first-order valence-electron chi connectivity index (χ1n) is 5.44. The van der Waals surface area contributed by atoms with Crippen LogP contribution in [0.4, 0.5) is 0 Å². The highest BCUT2D eigenvalue weighted by molar-refractivity contribution is 7.98. The van der Waals surface area contributed by atoms with Gasteiger partial charge >= 0.3 is 5.97 Å². The third-order valence-electron chi connectivity index (χ3n) is 2.49. The van der Waals surface area contributed by atoms with Crippen molar-refractivity contribution in [1.82, 2.24) is 4.98 Å². The Bertz CT molecular complexity index is 578. The predicted octanol–water partition coefficient (Wildman–Crippen LogP) is 3.75. The Morgan fingerprint density at radius 1 is 1.44 bits per heavy atom. The van der Waals surface area contributed by atoms with Crippen molar-refractivity contribution in [2.24, 2.45) is 0 Å². The molecule has 0 aliphatic heterocycles. The van der Waals surface area contributed by atoms with Gasteiger partial charge in [-0.3, -0.25) is 0 Å². The molecule has 0 aliphatic carbocycles. The molecule has 0 saturated carbocycles. The molecule has 1 heterocycles. The zero-order chi connectivity index (χ0) is 13.1. The Balaban J connectivity index is 2.10. The number of thiazole rings is 1. The highest BCUT2D eigenvalue weighted by atomic mass is 32.2. The average molecular weight is 279 g/mol. The van der Waals surface area contributed by atoms with Crippen molar-refractivity contribution in [3.05, 3.63) is 45.4 Å². The van der Waals surface area contributed by atoms with Crippen LogP contribution in [0.3, 0.4) is 0 Å². The number of aryl methyl sites for hydroxylation is 2. The topological polar surface area (TPSA) is 50.2 Å². The summed E-state index contributed by atoms with van der Waals surface area (Å²) in [6.45, 7) is 3.79. The first-order valence-corrected chi connectivity index (χ1v) is 7.30. The van der Waals surface area contributed by atoms with Crippen LogP contribution < -0.4 is 0 Å². The molecule has 0 fully saturated rings. The van der Waals surface area contributed by atoms with E-state index < -0.39 is 5.97 Å². The minimum Gasteiger partial charge on any atom is -0.478 e. The molecule has 1 N–H and O–H groups in total. The number of thioether (sulfide) groups is 1. The van der Waals surface area contributed by atoms with Crippen LogP contribution in [0.15, 0.2) is 28.5 Å². The van der Waals surface area contributed by atoms with Gasteiger partial charge in [0.1, 0.15) is 0 Å². The molecular weight excluding hydrogens is 266 g/mol. The molecule has 2 aromatic rings. The minimum atomic E-state index is -0.876. The first kappa shape index (κ1) is 13.1. The van der Waals surface area contributed by atoms with Crippen molar-refractivity contribution in [3.8, 4) is 0 Å². The number of carbonyl (C=O) groups is 1. The van der Waals surface area contributed by atoms with Crippen molar-refractivity contribution >= 4 is 29.1 Å². The van der Waals surface area contributed by atoms with Crippen LogP contribution >= 0.6 is 23.1 Å². The maximum Gasteiger partial charge on any atom is 0.335 e. The lowest BCUT2D eigenvalue weighted by Crippen LogP contribution is -1.99. The van der Waals surface area contributed by atoms with Gasteiger partial charge in [0.05, 0.1) is 16.3 Å². The largest absolute Gasteiger partial charge is 0.478 e. The molecular formula is C13H13NO2S2. The molecule has 2 rings (SSSR count). The van der Waals surface area contributed by atoms with E-state index in [1.807, 2.05) is 31.4 Å². The maximum atomic E-state index is 11.0. The Labute approximate surface area is 114 Å². The van der Waals surface area contributed by atoms with Crippen LogP contribution in [-0.4, -0.2) is 16.1 Å². The molecule has 5 heteroatoms. The summed E-state index contributed by atoms with van der Waals surface area (Å²) in [5, 5.41) is 12.2. The molecule has 0 unspecified atom stereocenters. The summed E-state index contributed by atoms with van der Waals surface area (Å²) in [6, 6.07) is 5.52. The fourth-order valence-electron chi connectivity index (χ4n) is 1.55. The summed E-state index contributed by atoms with van der Waals surface area (Å²) < 4.78 is 0. The lowest BCUT2D eigenvalue weighted by atomic mass is 10.1. The second kappa shape index (κ2) is 5.54. The molecule has 0 amide bonds. The van der Waals surface area contributed by atoms with E-state index in [0.717, 1.165) is 26.9 Å². The fourth-order valence-corrected chi connectivity index (χ4v) is 3.10. The van der Waals surface area contributed by atoms with Crippen LogP contribution in [0.25, 0.3) is 0 Å². The molecule has 0 saturated heterocycles. The van der Waals surface area contributed by atoms with Crippen LogP contribution in [-0.2, 0) is 5.75 Å². The normalized spacial score (nSPS) is 10.6. The van der Waals surface area contributed by atoms with Gasteiger partial charge in [-0.2, -0.15) is 0 Å². The van der Waals surface area contributed by atoms with Crippen LogP contribution in [0, 0.1) is 13.8 Å². The fraction of sp³-hybridized carbons (Fsp3) is 0.231. The zero-order valence-electron chi connectivity index (χ0n) is 10.1. The summed E-state index contributed by atoms with van der Waals surface area (Å²) >= 11 is 3.24. The number of carboxylic acid groups (broad SMARTS) is 1. The van der Waals surface area contributed by atoms with Gasteiger partial charge in [-0.1, -0.05) is 6.07 Å². The third-order valence-corrected chi connectivity index (χ3v) is 4.34. The smallest absolute Gasteiger partial charge is 0.335 e. The van der Waals surface area contributed by atoms with Crippen LogP contribution in [0.5, 0.6) is 0 Å². The van der Waals surface area contributed by atoms with Gasteiger partial charge in [-0.25, -0.2) is 9.78 Å². The number of hydrogen-bond donors (Lipinski definition) is 1. The Morgan fingerprint density at radius 2 is 2.22 bits per heavy atom. The standard InChI is InChI=1S/C13H13NO2S2/c1-8-3-4-11(5-12(8)13(15)16)18-7-10-6-17-9(2)14-10/h3-6H,7H2,1-2H3,(H,15,16). The predicted molar refractivity (Wildman–Crippen MR) is 74.6 cm³/mol. The van der Waals surface area contributed by atoms with Crippen molar-refractivity contribution in [1.29, 1.82) is 0 Å². The van der Waals surface area contributed by atoms with E-state index in [-0.39, 0.29) is 0 Å². The monoisotopic (exact) mass is 279 g/mol. The number of benzene rings is 1. The Hall–Kier alpha value is -1.33. The van der Waals surface area contributed by atoms with Crippen molar-refractivity contribution in [3.63, 3.8) is 0 Å². The maximum absolute atomic E-state index is 11.0. The van der Waals surface area contributed by atoms with Gasteiger partial charge in [0.25, 0.3) is 0 Å². The van der Waals surface area contributed by atoms with Gasteiger partial charge in [0.15, 0.2) is 0 Å². The van der Waals surface area contributed by atoms with Crippen LogP contribution in [0.2, 0.25) is 0 Å². The molecule has 0 atom stereocenters. The number of rotatable bonds is 4. The van der Waals surface area contributed by atoms with Crippen molar-refractivity contribution in [2.75, 3.05) is 0 Å². The van der Waals surface area contributed by atoms with Crippen LogP contribution in [0.1, 0.15) is 26.6 Å². The summed E-state index contributed by atoms with van der Waals surface area (Å²) in [5.74, 6) is -0.105. The second-order valence-electron chi connectivity index (χ2n) is 3.93. The molecule has 18 heavy (non-hydrogen) atoms. The average Bonchev–Trinajstić information content (AvgIpc) is 2.74.